The van der Waals surface area contributed by atoms with Crippen LogP contribution in [0.25, 0.3) is 0 Å². The Hall–Kier alpha value is -1.04. The highest BCUT2D eigenvalue weighted by Gasteiger charge is 2.31. The third-order valence-electron chi connectivity index (χ3n) is 2.54. The van der Waals surface area contributed by atoms with Gasteiger partial charge in [-0.25, -0.2) is 0 Å². The number of carbonyl (C=O) groups is 1. The molecule has 0 bridgehead atoms. The van der Waals surface area contributed by atoms with Gasteiger partial charge < -0.3 is 4.90 Å². The molecule has 1 aliphatic heterocycles. The lowest BCUT2D eigenvalue weighted by Crippen LogP contribution is -2.25. The maximum Gasteiger partial charge on any atom is 0.222 e. The highest BCUT2D eigenvalue weighted by atomic mass is 16.2. The Morgan fingerprint density at radius 1 is 1.83 bits per heavy atom. The van der Waals surface area contributed by atoms with Crippen LogP contribution in [0.4, 0.5) is 0 Å². The van der Waals surface area contributed by atoms with Crippen LogP contribution in [0.3, 0.4) is 0 Å². The van der Waals surface area contributed by atoms with E-state index in [1.54, 1.807) is 0 Å². The van der Waals surface area contributed by atoms with E-state index >= 15 is 0 Å². The molecule has 2 atom stereocenters. The summed E-state index contributed by atoms with van der Waals surface area (Å²) in [7, 11) is 0. The molecule has 12 heavy (non-hydrogen) atoms. The molecule has 1 saturated heterocycles. The van der Waals surface area contributed by atoms with Gasteiger partial charge >= 0.3 is 0 Å². The van der Waals surface area contributed by atoms with Crippen molar-refractivity contribution in [3.05, 3.63) is 0 Å². The Bertz CT molecular complexity index is 219. The van der Waals surface area contributed by atoms with Gasteiger partial charge in [-0.1, -0.05) is 0 Å². The molecular weight excluding hydrogens is 152 g/mol. The van der Waals surface area contributed by atoms with Crippen LogP contribution >= 0.6 is 0 Å². The highest BCUT2D eigenvalue weighted by molar-refractivity contribution is 5.78. The highest BCUT2D eigenvalue weighted by Crippen LogP contribution is 2.24. The topological polar surface area (TPSA) is 44.1 Å². The predicted molar refractivity (Wildman–Crippen MR) is 45.1 cm³/mol. The number of rotatable bonds is 2. The molecule has 1 heterocycles. The number of hydrogen-bond acceptors (Lipinski definition) is 2. The molecule has 1 fully saturated rings. The molecule has 0 spiro atoms. The minimum absolute atomic E-state index is 0.00509. The second-order valence-corrected chi connectivity index (χ2v) is 3.31. The Kier molecular flexibility index (Phi) is 2.69. The van der Waals surface area contributed by atoms with Crippen molar-refractivity contribution in [2.45, 2.75) is 20.3 Å². The zero-order chi connectivity index (χ0) is 9.14. The molecule has 0 radical (unpaired) electrons. The molecule has 66 valence electrons. The Labute approximate surface area is 73.0 Å². The van der Waals surface area contributed by atoms with Crippen LogP contribution in [0.15, 0.2) is 0 Å². The van der Waals surface area contributed by atoms with Gasteiger partial charge in [0, 0.05) is 31.3 Å². The quantitative estimate of drug-likeness (QED) is 0.614. The molecule has 2 unspecified atom stereocenters. The fourth-order valence-electron chi connectivity index (χ4n) is 1.55. The van der Waals surface area contributed by atoms with Gasteiger partial charge in [-0.3, -0.25) is 4.79 Å². The lowest BCUT2D eigenvalue weighted by molar-refractivity contribution is -0.127. The largest absolute Gasteiger partial charge is 0.343 e. The maximum atomic E-state index is 11.3. The lowest BCUT2D eigenvalue weighted by Gasteiger charge is -2.14. The number of nitriles is 1. The molecular formula is C9H14N2O. The van der Waals surface area contributed by atoms with Crippen LogP contribution in [-0.2, 0) is 4.79 Å². The monoisotopic (exact) mass is 166 g/mol. The molecule has 0 aromatic carbocycles. The first kappa shape index (κ1) is 9.05. The summed E-state index contributed by atoms with van der Waals surface area (Å²) < 4.78 is 0. The smallest absolute Gasteiger partial charge is 0.222 e. The van der Waals surface area contributed by atoms with E-state index in [2.05, 4.69) is 6.07 Å². The van der Waals surface area contributed by atoms with Gasteiger partial charge in [0.15, 0.2) is 0 Å². The molecule has 0 aliphatic carbocycles. The summed E-state index contributed by atoms with van der Waals surface area (Å²) in [6.07, 6.45) is 0.558. The van der Waals surface area contributed by atoms with Gasteiger partial charge in [-0.15, -0.1) is 0 Å². The van der Waals surface area contributed by atoms with Gasteiger partial charge in [0.2, 0.25) is 5.91 Å². The zero-order valence-electron chi connectivity index (χ0n) is 7.58. The van der Waals surface area contributed by atoms with Crippen LogP contribution in [0.1, 0.15) is 20.3 Å². The van der Waals surface area contributed by atoms with Crippen molar-refractivity contribution in [2.75, 3.05) is 13.1 Å². The maximum absolute atomic E-state index is 11.3. The molecule has 0 N–H and O–H groups in total. The number of amides is 1. The van der Waals surface area contributed by atoms with E-state index in [0.717, 1.165) is 13.1 Å². The summed E-state index contributed by atoms with van der Waals surface area (Å²) in [5.41, 5.74) is 0. The minimum Gasteiger partial charge on any atom is -0.343 e. The Morgan fingerprint density at radius 2 is 2.50 bits per heavy atom. The van der Waals surface area contributed by atoms with Crippen LogP contribution < -0.4 is 0 Å². The fourth-order valence-corrected chi connectivity index (χ4v) is 1.55. The average molecular weight is 166 g/mol. The number of nitrogens with zero attached hydrogens (tertiary/aromatic N) is 2. The van der Waals surface area contributed by atoms with Crippen molar-refractivity contribution < 1.29 is 4.79 Å². The van der Waals surface area contributed by atoms with Crippen molar-refractivity contribution in [2.24, 2.45) is 11.8 Å². The normalized spacial score (nSPS) is 25.6. The first-order chi connectivity index (χ1) is 5.69. The average Bonchev–Trinajstić information content (AvgIpc) is 2.45. The van der Waals surface area contributed by atoms with Crippen molar-refractivity contribution in [1.82, 2.24) is 4.90 Å². The molecule has 0 aromatic rings. The molecule has 1 amide bonds. The molecule has 1 rings (SSSR count). The van der Waals surface area contributed by atoms with E-state index in [1.165, 1.54) is 0 Å². The summed E-state index contributed by atoms with van der Waals surface area (Å²) in [6.45, 7) is 5.39. The van der Waals surface area contributed by atoms with Gasteiger partial charge in [0.1, 0.15) is 0 Å². The van der Waals surface area contributed by atoms with E-state index in [4.69, 9.17) is 5.26 Å². The van der Waals surface area contributed by atoms with E-state index in [0.29, 0.717) is 6.42 Å². The van der Waals surface area contributed by atoms with Gasteiger partial charge in [-0.05, 0) is 13.8 Å². The van der Waals surface area contributed by atoms with Gasteiger partial charge in [0.05, 0.1) is 6.07 Å². The third-order valence-corrected chi connectivity index (χ3v) is 2.54. The number of likely N-dealkylation sites (tertiary alicyclic amines) is 1. The molecule has 0 aromatic heterocycles. The van der Waals surface area contributed by atoms with Crippen molar-refractivity contribution in [3.8, 4) is 6.07 Å². The first-order valence-corrected chi connectivity index (χ1v) is 4.36. The van der Waals surface area contributed by atoms with Crippen molar-refractivity contribution in [1.29, 1.82) is 5.26 Å². The lowest BCUT2D eigenvalue weighted by atomic mass is 9.95. The number of hydrogen-bond donors (Lipinski definition) is 0. The number of carbonyl (C=O) groups excluding carboxylic acids is 1. The first-order valence-electron chi connectivity index (χ1n) is 4.36. The SMILES string of the molecule is CCN1CC(C(C)C#N)CC1=O. The van der Waals surface area contributed by atoms with E-state index in [-0.39, 0.29) is 17.7 Å². The summed E-state index contributed by atoms with van der Waals surface area (Å²) in [5.74, 6) is 0.456. The Balaban J connectivity index is 2.55. The summed E-state index contributed by atoms with van der Waals surface area (Å²) in [4.78, 5) is 13.1. The second-order valence-electron chi connectivity index (χ2n) is 3.31. The zero-order valence-corrected chi connectivity index (χ0v) is 7.58. The second kappa shape index (κ2) is 3.57. The minimum atomic E-state index is 0.00509. The third kappa shape index (κ3) is 1.58. The van der Waals surface area contributed by atoms with E-state index in [9.17, 15) is 4.79 Å². The van der Waals surface area contributed by atoms with Crippen LogP contribution in [-0.4, -0.2) is 23.9 Å². The molecule has 1 aliphatic rings. The van der Waals surface area contributed by atoms with E-state index < -0.39 is 0 Å². The van der Waals surface area contributed by atoms with Crippen LogP contribution in [0, 0.1) is 23.2 Å². The fraction of sp³-hybridized carbons (Fsp3) is 0.778. The van der Waals surface area contributed by atoms with Gasteiger partial charge in [0.25, 0.3) is 0 Å². The summed E-state index contributed by atoms with van der Waals surface area (Å²) >= 11 is 0. The van der Waals surface area contributed by atoms with Gasteiger partial charge in [-0.2, -0.15) is 5.26 Å². The molecule has 3 nitrogen and oxygen atoms in total. The van der Waals surface area contributed by atoms with Crippen LogP contribution in [0.5, 0.6) is 0 Å². The molecule has 3 heteroatoms. The van der Waals surface area contributed by atoms with Crippen molar-refractivity contribution in [3.63, 3.8) is 0 Å². The van der Waals surface area contributed by atoms with E-state index in [1.807, 2.05) is 18.7 Å². The molecule has 0 saturated carbocycles. The van der Waals surface area contributed by atoms with Crippen LogP contribution in [0.2, 0.25) is 0 Å². The van der Waals surface area contributed by atoms with Crippen molar-refractivity contribution >= 4 is 5.91 Å². The summed E-state index contributed by atoms with van der Waals surface area (Å²) in [6, 6.07) is 2.19. The predicted octanol–water partition coefficient (Wildman–Crippen LogP) is 1.01. The Morgan fingerprint density at radius 3 is 2.92 bits per heavy atom. The standard InChI is InChI=1S/C9H14N2O/c1-3-11-6-8(4-9(11)12)7(2)5-10/h7-8H,3-4,6H2,1-2H3. The summed E-state index contributed by atoms with van der Waals surface area (Å²) in [5, 5.41) is 8.66.